The van der Waals surface area contributed by atoms with Gasteiger partial charge in [-0.05, 0) is 49.1 Å². The van der Waals surface area contributed by atoms with Crippen LogP contribution in [0.15, 0.2) is 58.5 Å². The quantitative estimate of drug-likeness (QED) is 0.110. The Balaban J connectivity index is 1.29. The van der Waals surface area contributed by atoms with E-state index in [1.54, 1.807) is 12.1 Å². The zero-order valence-electron chi connectivity index (χ0n) is 33.4. The summed E-state index contributed by atoms with van der Waals surface area (Å²) >= 11 is 0. The number of ketones is 2. The molecule has 1 amide bonds. The normalized spacial score (nSPS) is 28.2. The average Bonchev–Trinajstić information content (AvgIpc) is 3.70. The fraction of sp³-hybridized carbons (Fsp3) is 0.432. The number of ether oxygens (including phenoxy) is 4. The number of rotatable bonds is 8. The number of amidine groups is 1. The molecule has 3 aromatic carbocycles. The predicted molar refractivity (Wildman–Crippen MR) is 216 cm³/mol. The molecule has 1 saturated carbocycles. The molecule has 4 heterocycles. The van der Waals surface area contributed by atoms with E-state index in [9.17, 15) is 44.7 Å². The Kier molecular flexibility index (Phi) is 11.2. The lowest BCUT2D eigenvalue weighted by atomic mass is 9.76. The van der Waals surface area contributed by atoms with Crippen LogP contribution in [0.3, 0.4) is 0 Å². The number of benzene rings is 3. The summed E-state index contributed by atoms with van der Waals surface area (Å²) in [7, 11) is 0. The summed E-state index contributed by atoms with van der Waals surface area (Å²) in [6.07, 6.45) is -5.87. The molecular weight excluding hydrogens is 807 g/mol. The van der Waals surface area contributed by atoms with Gasteiger partial charge in [0.15, 0.2) is 29.7 Å². The lowest BCUT2D eigenvalue weighted by Gasteiger charge is -2.50. The van der Waals surface area contributed by atoms with Gasteiger partial charge in [0.05, 0.1) is 23.9 Å². The number of aliphatic hydroxyl groups is 5. The van der Waals surface area contributed by atoms with Gasteiger partial charge in [-0.1, -0.05) is 43.5 Å². The van der Waals surface area contributed by atoms with Gasteiger partial charge in [0, 0.05) is 46.8 Å². The number of carbonyl (C=O) groups excluding carboxylic acids is 4. The number of amides is 1. The number of nitrogens with one attached hydrogen (secondary N) is 3. The van der Waals surface area contributed by atoms with Gasteiger partial charge in [-0.25, -0.2) is 9.89 Å². The maximum absolute atomic E-state index is 14.7. The number of para-hydroxylation sites is 1. The van der Waals surface area contributed by atoms with Gasteiger partial charge >= 0.3 is 0 Å². The number of carbonyl (C=O) groups is 4. The van der Waals surface area contributed by atoms with Gasteiger partial charge in [0.1, 0.15) is 43.0 Å². The van der Waals surface area contributed by atoms with Crippen molar-refractivity contribution in [2.24, 2.45) is 9.98 Å². The standard InChI is InChI=1S/C44H45N5O13/c45-43-47-40-31(41(58)48-43)46-20-49(40)29-7-3-2-6-24(29)23-11-15-60-44(12-4-1-5-13-44)39-35(56)34(55)36(57)42(62-39)61-37-27(23)17-28-30(38(37)59-19-22(52)10-14-50)33(54)26-16-21(18-51)8-9-25(26)32(28)53/h2-3,6-9,14,16-17,22-23,34-36,39,42,51-52,55-57H,1,4-5,10-13,15,18-20H2,(H2,45,48,58)/p+1/t22-,23-,34-,35-,36+,39-,42+/m1/s1. The van der Waals surface area contributed by atoms with E-state index in [-0.39, 0.29) is 82.9 Å². The molecule has 3 aromatic rings. The van der Waals surface area contributed by atoms with Crippen LogP contribution < -0.4 is 19.7 Å². The lowest BCUT2D eigenvalue weighted by molar-refractivity contribution is -0.723. The number of aliphatic imine (C=N–C) groups is 2. The highest BCUT2D eigenvalue weighted by atomic mass is 16.7. The second kappa shape index (κ2) is 16.6. The van der Waals surface area contributed by atoms with E-state index >= 15 is 0 Å². The van der Waals surface area contributed by atoms with Gasteiger partial charge in [0.2, 0.25) is 18.0 Å². The van der Waals surface area contributed by atoms with Crippen LogP contribution >= 0.6 is 0 Å². The summed E-state index contributed by atoms with van der Waals surface area (Å²) in [5.41, 5.74) is 0.483. The van der Waals surface area contributed by atoms with Crippen LogP contribution in [0.25, 0.3) is 0 Å². The van der Waals surface area contributed by atoms with E-state index in [1.165, 1.54) is 24.3 Å². The van der Waals surface area contributed by atoms with Crippen LogP contribution in [0.4, 0.5) is 5.69 Å². The molecule has 1 spiro atoms. The van der Waals surface area contributed by atoms with Crippen molar-refractivity contribution in [2.75, 3.05) is 19.9 Å². The molecule has 8 atom stereocenters. The summed E-state index contributed by atoms with van der Waals surface area (Å²) < 4.78 is 26.3. The van der Waals surface area contributed by atoms with Crippen LogP contribution in [0.1, 0.15) is 99.4 Å². The van der Waals surface area contributed by atoms with Crippen LogP contribution in [0, 0.1) is 5.41 Å². The molecule has 8 N–H and O–H groups in total. The largest absolute Gasteiger partial charge is 0.486 e. The summed E-state index contributed by atoms with van der Waals surface area (Å²) in [6, 6.07) is 13.2. The highest BCUT2D eigenvalue weighted by Gasteiger charge is 2.56. The van der Waals surface area contributed by atoms with Crippen molar-refractivity contribution in [3.8, 4) is 11.5 Å². The predicted octanol–water partition coefficient (Wildman–Crippen LogP) is 0.116. The molecule has 1 saturated heterocycles. The van der Waals surface area contributed by atoms with Crippen molar-refractivity contribution >= 4 is 47.0 Å². The smallest absolute Gasteiger partial charge is 0.284 e. The number of fused-ring (bicyclic) bond motifs is 7. The Morgan fingerprint density at radius 3 is 2.53 bits per heavy atom. The van der Waals surface area contributed by atoms with E-state index in [2.05, 4.69) is 15.3 Å². The number of nitrogens with zero attached hydrogens (tertiary/aromatic N) is 2. The molecule has 2 bridgehead atoms. The van der Waals surface area contributed by atoms with Gasteiger partial charge in [-0.15, -0.1) is 0 Å². The second-order valence-corrected chi connectivity index (χ2v) is 16.4. The topological polar surface area (TPSA) is 271 Å². The summed E-state index contributed by atoms with van der Waals surface area (Å²) in [5.74, 6) is -3.25. The third-order valence-corrected chi connectivity index (χ3v) is 12.7. The van der Waals surface area contributed by atoms with Crippen LogP contribution in [-0.4, -0.2) is 129 Å². The molecule has 2 fully saturated rings. The molecule has 0 radical (unpaired) electrons. The van der Waals surface area contributed by atoms with Gasteiger partial charge in [0.25, 0.3) is 11.7 Å². The molecule has 6 aliphatic rings. The fourth-order valence-electron chi connectivity index (χ4n) is 9.66. The molecule has 1 unspecified atom stereocenters. The van der Waals surface area contributed by atoms with E-state index in [0.29, 0.717) is 40.8 Å². The third kappa shape index (κ3) is 7.05. The second-order valence-electron chi connectivity index (χ2n) is 16.4. The molecule has 9 rings (SSSR count). The first-order valence-electron chi connectivity index (χ1n) is 20.7. The number of quaternary nitrogens is 1. The Morgan fingerprint density at radius 1 is 0.968 bits per heavy atom. The molecular formula is C44H46N5O13+. The first kappa shape index (κ1) is 41.8. The Hall–Kier alpha value is -5.57. The van der Waals surface area contributed by atoms with Gasteiger partial charge in [-0.3, -0.25) is 25.1 Å². The minimum Gasteiger partial charge on any atom is -0.486 e. The van der Waals surface area contributed by atoms with Crippen molar-refractivity contribution in [3.05, 3.63) is 87.5 Å². The van der Waals surface area contributed by atoms with Crippen molar-refractivity contribution in [3.63, 3.8) is 0 Å². The number of aldehydes is 1. The Bertz CT molecular complexity index is 2430. The number of hydrogen-bond acceptors (Lipinski definition) is 15. The zero-order chi connectivity index (χ0) is 43.4. The van der Waals surface area contributed by atoms with E-state index in [0.717, 1.165) is 19.3 Å². The first-order chi connectivity index (χ1) is 29.9. The third-order valence-electron chi connectivity index (χ3n) is 12.7. The highest BCUT2D eigenvalue weighted by Crippen LogP contribution is 2.50. The Morgan fingerprint density at radius 2 is 1.76 bits per heavy atom. The van der Waals surface area contributed by atoms with Crippen molar-refractivity contribution in [1.29, 1.82) is 5.41 Å². The van der Waals surface area contributed by atoms with Gasteiger partial charge < -0.3 is 49.3 Å². The van der Waals surface area contributed by atoms with Crippen molar-refractivity contribution in [1.82, 2.24) is 5.32 Å². The highest BCUT2D eigenvalue weighted by molar-refractivity contribution is 6.68. The maximum Gasteiger partial charge on any atom is 0.284 e. The number of guanidine groups is 1. The van der Waals surface area contributed by atoms with Crippen LogP contribution in [-0.2, 0) is 25.7 Å². The van der Waals surface area contributed by atoms with Crippen molar-refractivity contribution < 1.29 is 68.6 Å². The van der Waals surface area contributed by atoms with Crippen LogP contribution in [0.5, 0.6) is 11.5 Å². The minimum absolute atomic E-state index is 0.0256. The SMILES string of the molecule is N=C1N=C2C(=NC[NH+]2c2ccccc2[C@H]2CCOC3(CCCCC3)[C@@H]3O[C@H](Oc4c2cc2c(c4OC[C@H](O)CC=O)C(=O)c4cc(CO)ccc4C2=O)[C@@H](O)[C@H](O)[C@H]3O)C(=O)N1. The molecule has 324 valence electrons. The summed E-state index contributed by atoms with van der Waals surface area (Å²) in [6.45, 7) is -0.886. The molecule has 0 aromatic heterocycles. The average molecular weight is 853 g/mol. The summed E-state index contributed by atoms with van der Waals surface area (Å²) in [4.78, 5) is 63.1. The Labute approximate surface area is 354 Å². The van der Waals surface area contributed by atoms with Gasteiger partial charge in [-0.2, -0.15) is 4.99 Å². The maximum atomic E-state index is 14.7. The molecule has 4 aliphatic heterocycles. The van der Waals surface area contributed by atoms with Crippen molar-refractivity contribution in [2.45, 2.75) is 99.9 Å². The molecule has 18 heteroatoms. The first-order valence-corrected chi connectivity index (χ1v) is 20.7. The van der Waals surface area contributed by atoms with E-state index < -0.39 is 79.0 Å². The number of hydrogen-bond donors (Lipinski definition) is 8. The summed E-state index contributed by atoms with van der Waals surface area (Å²) in [5, 5.41) is 65.9. The minimum atomic E-state index is -1.86. The van der Waals surface area contributed by atoms with Crippen LogP contribution in [0.2, 0.25) is 0 Å². The fourth-order valence-corrected chi connectivity index (χ4v) is 9.66. The lowest BCUT2D eigenvalue weighted by Crippen LogP contribution is -3.09. The monoisotopic (exact) mass is 852 g/mol. The van der Waals surface area contributed by atoms with E-state index in [1.807, 2.05) is 12.1 Å². The van der Waals surface area contributed by atoms with E-state index in [4.69, 9.17) is 24.4 Å². The molecule has 18 nitrogen and oxygen atoms in total. The zero-order valence-corrected chi connectivity index (χ0v) is 33.4. The molecule has 2 aliphatic carbocycles. The number of aliphatic hydroxyl groups excluding tert-OH is 5. The molecule has 62 heavy (non-hydrogen) atoms.